The number of carboxylic acid groups (broad SMARTS) is 2. The predicted octanol–water partition coefficient (Wildman–Crippen LogP) is 2.11. The number of benzene rings is 1. The highest BCUT2D eigenvalue weighted by Gasteiger charge is 2.57. The molecule has 4 N–H and O–H groups in total. The van der Waals surface area contributed by atoms with Crippen LogP contribution in [0.1, 0.15) is 45.2 Å². The maximum Gasteiger partial charge on any atom is 0.303 e. The Hall–Kier alpha value is -2.94. The van der Waals surface area contributed by atoms with Crippen LogP contribution < -0.4 is 10.6 Å². The number of carbonyl (C=O) groups excluding carboxylic acids is 1. The van der Waals surface area contributed by atoms with E-state index >= 15 is 0 Å². The zero-order chi connectivity index (χ0) is 23.5. The van der Waals surface area contributed by atoms with E-state index in [1.807, 2.05) is 37.7 Å². The van der Waals surface area contributed by atoms with E-state index in [4.69, 9.17) is 10.2 Å². The van der Waals surface area contributed by atoms with Gasteiger partial charge in [0.1, 0.15) is 0 Å². The summed E-state index contributed by atoms with van der Waals surface area (Å²) in [4.78, 5) is 32.4. The number of rotatable bonds is 8. The van der Waals surface area contributed by atoms with Gasteiger partial charge in [0, 0.05) is 31.2 Å². The quantitative estimate of drug-likeness (QED) is 0.458. The van der Waals surface area contributed by atoms with Gasteiger partial charge in [0.05, 0.1) is 16.7 Å². The number of piperidine rings is 1. The fourth-order valence-electron chi connectivity index (χ4n) is 4.49. The van der Waals surface area contributed by atoms with Crippen molar-refractivity contribution in [3.05, 3.63) is 30.0 Å². The molecular weight excluding hydrogens is 412 g/mol. The molecule has 3 atom stereocenters. The number of nitrogens with one attached hydrogen (secondary N) is 2. The van der Waals surface area contributed by atoms with Crippen molar-refractivity contribution < 1.29 is 24.6 Å². The first-order chi connectivity index (χ1) is 15.1. The first kappa shape index (κ1) is 23.7. The normalized spacial score (nSPS) is 21.4. The minimum atomic E-state index is -0.870. The van der Waals surface area contributed by atoms with Crippen LogP contribution in [0.2, 0.25) is 0 Å². The number of carboxylic acids is 2. The van der Waals surface area contributed by atoms with Gasteiger partial charge in [0.25, 0.3) is 0 Å². The summed E-state index contributed by atoms with van der Waals surface area (Å²) in [6.45, 7) is 6.04. The van der Waals surface area contributed by atoms with Crippen LogP contribution in [-0.2, 0) is 27.0 Å². The number of nitrogens with zero attached hydrogens (tertiary/aromatic N) is 2. The van der Waals surface area contributed by atoms with Crippen molar-refractivity contribution in [3.63, 3.8) is 0 Å². The molecule has 174 valence electrons. The first-order valence-corrected chi connectivity index (χ1v) is 11.0. The number of aliphatic carboxylic acids is 2. The Kier molecular flexibility index (Phi) is 7.18. The second-order valence-electron chi connectivity index (χ2n) is 9.11. The van der Waals surface area contributed by atoms with E-state index in [0.717, 1.165) is 29.7 Å². The van der Waals surface area contributed by atoms with Gasteiger partial charge >= 0.3 is 11.9 Å². The maximum atomic E-state index is 12.6. The van der Waals surface area contributed by atoms with E-state index in [-0.39, 0.29) is 24.7 Å². The molecule has 9 nitrogen and oxygen atoms in total. The molecule has 1 aromatic carbocycles. The average molecular weight is 445 g/mol. The molecular formula is C23H32N4O5. The fraction of sp³-hybridized carbons (Fsp3) is 0.565. The van der Waals surface area contributed by atoms with E-state index in [2.05, 4.69) is 27.9 Å². The van der Waals surface area contributed by atoms with Crippen molar-refractivity contribution in [2.45, 2.75) is 45.1 Å². The van der Waals surface area contributed by atoms with Gasteiger partial charge in [-0.25, -0.2) is 0 Å². The summed E-state index contributed by atoms with van der Waals surface area (Å²) < 4.78 is 1.88. The number of aryl methyl sites for hydroxylation is 1. The van der Waals surface area contributed by atoms with E-state index in [0.29, 0.717) is 24.7 Å². The molecule has 1 saturated carbocycles. The smallest absolute Gasteiger partial charge is 0.303 e. The number of unbranched alkanes of at least 4 members (excludes halogenated alkanes) is 1. The number of aromatic nitrogens is 2. The standard InChI is InChI=1S/C17H22N4O.C6H10O4/c1-17(2,19-16(22)14-11-8-18-9-12(11)14)15-10-6-4-5-7-13(10)21(3)20-15;7-5(8)3-1-2-4-6(9)10/h4-7,11-12,14,18H,8-9H2,1-3H3,(H,19,22);1-4H2,(H,7,8)(H,9,10)/t11-,12+,14?;. The molecule has 1 amide bonds. The molecule has 1 aliphatic heterocycles. The molecule has 1 aromatic heterocycles. The molecule has 0 radical (unpaired) electrons. The molecule has 0 bridgehead atoms. The van der Waals surface area contributed by atoms with Gasteiger partial charge in [-0.3, -0.25) is 19.1 Å². The molecule has 1 aliphatic carbocycles. The van der Waals surface area contributed by atoms with Crippen molar-refractivity contribution in [1.29, 1.82) is 0 Å². The number of hydrogen-bond acceptors (Lipinski definition) is 5. The van der Waals surface area contributed by atoms with Gasteiger partial charge in [0.15, 0.2) is 0 Å². The SMILES string of the molecule is Cn1nc(C(C)(C)NC(=O)C2[C@H]3CNC[C@@H]23)c2ccccc21.O=C(O)CCCCC(=O)O. The molecule has 2 fully saturated rings. The predicted molar refractivity (Wildman–Crippen MR) is 119 cm³/mol. The summed E-state index contributed by atoms with van der Waals surface area (Å²) in [5.74, 6) is -0.296. The lowest BCUT2D eigenvalue weighted by molar-refractivity contribution is -0.139. The molecule has 32 heavy (non-hydrogen) atoms. The van der Waals surface area contributed by atoms with Crippen molar-refractivity contribution >= 4 is 28.7 Å². The van der Waals surface area contributed by atoms with Gasteiger partial charge in [-0.1, -0.05) is 18.2 Å². The highest BCUT2D eigenvalue weighted by Crippen LogP contribution is 2.49. The van der Waals surface area contributed by atoms with Crippen LogP contribution in [0.4, 0.5) is 0 Å². The molecule has 0 spiro atoms. The second-order valence-corrected chi connectivity index (χ2v) is 9.11. The van der Waals surface area contributed by atoms with Gasteiger partial charge in [-0.15, -0.1) is 0 Å². The second kappa shape index (κ2) is 9.68. The van der Waals surface area contributed by atoms with E-state index in [9.17, 15) is 14.4 Å². The monoisotopic (exact) mass is 444 g/mol. The molecule has 2 heterocycles. The Morgan fingerprint density at radius 1 is 1.09 bits per heavy atom. The third-order valence-electron chi connectivity index (χ3n) is 6.21. The highest BCUT2D eigenvalue weighted by atomic mass is 16.4. The van der Waals surface area contributed by atoms with Gasteiger partial charge in [-0.05, 0) is 57.7 Å². The molecule has 2 aliphatic rings. The van der Waals surface area contributed by atoms with Crippen LogP contribution in [0.5, 0.6) is 0 Å². The van der Waals surface area contributed by atoms with Crippen LogP contribution in [0, 0.1) is 17.8 Å². The molecule has 1 saturated heterocycles. The molecule has 1 unspecified atom stereocenters. The Morgan fingerprint density at radius 3 is 2.22 bits per heavy atom. The van der Waals surface area contributed by atoms with Crippen molar-refractivity contribution in [1.82, 2.24) is 20.4 Å². The minimum Gasteiger partial charge on any atom is -0.481 e. The summed E-state index contributed by atoms with van der Waals surface area (Å²) >= 11 is 0. The largest absolute Gasteiger partial charge is 0.481 e. The summed E-state index contributed by atoms with van der Waals surface area (Å²) in [6.07, 6.45) is 1.02. The van der Waals surface area contributed by atoms with Gasteiger partial charge in [0.2, 0.25) is 5.91 Å². The highest BCUT2D eigenvalue weighted by molar-refractivity contribution is 5.86. The van der Waals surface area contributed by atoms with E-state index in [1.54, 1.807) is 0 Å². The van der Waals surface area contributed by atoms with Crippen LogP contribution in [0.15, 0.2) is 24.3 Å². The number of hydrogen-bond donors (Lipinski definition) is 4. The number of amides is 1. The average Bonchev–Trinajstić information content (AvgIpc) is 3.04. The number of para-hydroxylation sites is 1. The van der Waals surface area contributed by atoms with E-state index in [1.165, 1.54) is 0 Å². The topological polar surface area (TPSA) is 134 Å². The lowest BCUT2D eigenvalue weighted by Gasteiger charge is -2.25. The fourth-order valence-corrected chi connectivity index (χ4v) is 4.49. The van der Waals surface area contributed by atoms with E-state index < -0.39 is 17.5 Å². The third kappa shape index (κ3) is 5.45. The first-order valence-electron chi connectivity index (χ1n) is 11.0. The van der Waals surface area contributed by atoms with Crippen molar-refractivity contribution in [2.75, 3.05) is 13.1 Å². The minimum absolute atomic E-state index is 0.0628. The van der Waals surface area contributed by atoms with Gasteiger partial charge in [-0.2, -0.15) is 5.10 Å². The lowest BCUT2D eigenvalue weighted by atomic mass is 9.96. The Labute approximate surface area is 187 Å². The van der Waals surface area contributed by atoms with Crippen LogP contribution in [0.25, 0.3) is 10.9 Å². The molecule has 2 aromatic rings. The molecule has 4 rings (SSSR count). The van der Waals surface area contributed by atoms with Gasteiger partial charge < -0.3 is 20.8 Å². The maximum absolute atomic E-state index is 12.6. The Balaban J connectivity index is 0.000000247. The Bertz CT molecular complexity index is 973. The Morgan fingerprint density at radius 2 is 1.66 bits per heavy atom. The zero-order valence-corrected chi connectivity index (χ0v) is 18.8. The van der Waals surface area contributed by atoms with Crippen LogP contribution in [-0.4, -0.2) is 50.9 Å². The van der Waals surface area contributed by atoms with Crippen molar-refractivity contribution in [2.24, 2.45) is 24.8 Å². The zero-order valence-electron chi connectivity index (χ0n) is 18.8. The summed E-state index contributed by atoms with van der Waals surface area (Å²) in [5.41, 5.74) is 1.55. The van der Waals surface area contributed by atoms with Crippen LogP contribution >= 0.6 is 0 Å². The summed E-state index contributed by atoms with van der Waals surface area (Å²) in [5, 5.41) is 28.6. The molecule has 9 heteroatoms. The number of fused-ring (bicyclic) bond motifs is 2. The summed E-state index contributed by atoms with van der Waals surface area (Å²) in [6, 6.07) is 8.15. The number of carbonyl (C=O) groups is 3. The lowest BCUT2D eigenvalue weighted by Crippen LogP contribution is -2.43. The summed E-state index contributed by atoms with van der Waals surface area (Å²) in [7, 11) is 1.95. The van der Waals surface area contributed by atoms with Crippen LogP contribution in [0.3, 0.4) is 0 Å². The van der Waals surface area contributed by atoms with Crippen molar-refractivity contribution in [3.8, 4) is 0 Å². The third-order valence-corrected chi connectivity index (χ3v) is 6.21.